The van der Waals surface area contributed by atoms with Crippen molar-refractivity contribution in [1.82, 2.24) is 15.8 Å². The van der Waals surface area contributed by atoms with Crippen LogP contribution >= 0.6 is 11.3 Å². The molecule has 1 aliphatic heterocycles. The summed E-state index contributed by atoms with van der Waals surface area (Å²) in [6.45, 7) is 2.97. The lowest BCUT2D eigenvalue weighted by Crippen LogP contribution is -2.48. The normalized spacial score (nSPS) is 11.9. The Morgan fingerprint density at radius 2 is 2.04 bits per heavy atom. The Bertz CT molecular complexity index is 733. The molecule has 8 heteroatoms. The highest BCUT2D eigenvalue weighted by Crippen LogP contribution is 2.32. The van der Waals surface area contributed by atoms with Crippen molar-refractivity contribution in [2.24, 2.45) is 0 Å². The number of amides is 3. The van der Waals surface area contributed by atoms with Gasteiger partial charge in [0.2, 0.25) is 6.79 Å². The molecule has 2 aromatic rings. The summed E-state index contributed by atoms with van der Waals surface area (Å²) < 4.78 is 10.6. The van der Waals surface area contributed by atoms with Crippen molar-refractivity contribution in [3.63, 3.8) is 0 Å². The summed E-state index contributed by atoms with van der Waals surface area (Å²) in [5.74, 6) is 1.04. The van der Waals surface area contributed by atoms with Gasteiger partial charge in [-0.3, -0.25) is 10.2 Å². The van der Waals surface area contributed by atoms with Gasteiger partial charge in [-0.25, -0.2) is 10.2 Å². The fourth-order valence-electron chi connectivity index (χ4n) is 2.25. The van der Waals surface area contributed by atoms with E-state index >= 15 is 0 Å². The highest BCUT2D eigenvalue weighted by Gasteiger charge is 2.17. The zero-order chi connectivity index (χ0) is 16.9. The number of nitrogens with zero attached hydrogens (tertiary/aromatic N) is 1. The molecule has 0 unspecified atom stereocenters. The topological polar surface area (TPSA) is 79.9 Å². The monoisotopic (exact) mass is 347 g/mol. The largest absolute Gasteiger partial charge is 0.454 e. The molecule has 0 bridgehead atoms. The minimum Gasteiger partial charge on any atom is -0.454 e. The highest BCUT2D eigenvalue weighted by atomic mass is 32.1. The van der Waals surface area contributed by atoms with E-state index in [0.29, 0.717) is 29.5 Å². The lowest BCUT2D eigenvalue weighted by Gasteiger charge is -2.21. The number of urea groups is 1. The average Bonchev–Trinajstić information content (AvgIpc) is 3.27. The van der Waals surface area contributed by atoms with Crippen LogP contribution in [0.3, 0.4) is 0 Å². The summed E-state index contributed by atoms with van der Waals surface area (Å²) in [5, 5.41) is 1.80. The van der Waals surface area contributed by atoms with E-state index in [1.165, 1.54) is 11.3 Å². The van der Waals surface area contributed by atoms with Gasteiger partial charge in [-0.15, -0.1) is 11.3 Å². The number of hydrogen-bond acceptors (Lipinski definition) is 5. The number of hydrogen-bond donors (Lipinski definition) is 2. The average molecular weight is 347 g/mol. The van der Waals surface area contributed by atoms with E-state index < -0.39 is 0 Å². The molecule has 24 heavy (non-hydrogen) atoms. The molecule has 0 spiro atoms. The summed E-state index contributed by atoms with van der Waals surface area (Å²) in [5.41, 5.74) is 5.76. The Balaban J connectivity index is 1.57. The highest BCUT2D eigenvalue weighted by molar-refractivity contribution is 7.12. The minimum absolute atomic E-state index is 0.214. The number of carbonyl (C=O) groups excluding carboxylic acids is 2. The van der Waals surface area contributed by atoms with Crippen LogP contribution in [0.25, 0.3) is 0 Å². The predicted molar refractivity (Wildman–Crippen MR) is 89.0 cm³/mol. The molecule has 0 aliphatic carbocycles. The zero-order valence-electron chi connectivity index (χ0n) is 13.1. The number of fused-ring (bicyclic) bond motifs is 1. The lowest BCUT2D eigenvalue weighted by molar-refractivity contribution is 0.0934. The molecule has 1 aromatic heterocycles. The summed E-state index contributed by atoms with van der Waals surface area (Å²) in [7, 11) is 0. The summed E-state index contributed by atoms with van der Waals surface area (Å²) in [6, 6.07) is 8.65. The van der Waals surface area contributed by atoms with Crippen LogP contribution in [0.5, 0.6) is 11.5 Å². The first kappa shape index (κ1) is 16.1. The van der Waals surface area contributed by atoms with Gasteiger partial charge in [-0.1, -0.05) is 12.1 Å². The predicted octanol–water partition coefficient (Wildman–Crippen LogP) is 2.35. The molecule has 3 rings (SSSR count). The van der Waals surface area contributed by atoms with E-state index in [1.54, 1.807) is 22.4 Å². The first-order chi connectivity index (χ1) is 11.7. The van der Waals surface area contributed by atoms with Crippen LogP contribution in [0.1, 0.15) is 22.2 Å². The first-order valence-corrected chi connectivity index (χ1v) is 8.32. The van der Waals surface area contributed by atoms with E-state index in [0.717, 1.165) is 5.56 Å². The molecule has 1 aliphatic rings. The van der Waals surface area contributed by atoms with Crippen molar-refractivity contribution in [3.8, 4) is 11.5 Å². The third kappa shape index (κ3) is 3.60. The second-order valence-electron chi connectivity index (χ2n) is 5.06. The fraction of sp³-hybridized carbons (Fsp3) is 0.250. The lowest BCUT2D eigenvalue weighted by atomic mass is 10.2. The van der Waals surface area contributed by atoms with Crippen LogP contribution in [0, 0.1) is 0 Å². The Morgan fingerprint density at radius 3 is 2.79 bits per heavy atom. The Morgan fingerprint density at radius 1 is 1.21 bits per heavy atom. The second kappa shape index (κ2) is 7.22. The van der Waals surface area contributed by atoms with Gasteiger partial charge in [-0.05, 0) is 36.1 Å². The molecule has 0 fully saturated rings. The van der Waals surface area contributed by atoms with Gasteiger partial charge in [-0.2, -0.15) is 0 Å². The first-order valence-electron chi connectivity index (χ1n) is 7.44. The number of benzene rings is 1. The van der Waals surface area contributed by atoms with E-state index in [9.17, 15) is 9.59 Å². The summed E-state index contributed by atoms with van der Waals surface area (Å²) in [6.07, 6.45) is 0. The smallest absolute Gasteiger partial charge is 0.336 e. The minimum atomic E-state index is -0.375. The molecule has 0 saturated heterocycles. The number of rotatable bonds is 4. The third-order valence-electron chi connectivity index (χ3n) is 3.51. The van der Waals surface area contributed by atoms with Crippen molar-refractivity contribution < 1.29 is 19.1 Å². The maximum Gasteiger partial charge on any atom is 0.336 e. The molecule has 2 N–H and O–H groups in total. The van der Waals surface area contributed by atoms with E-state index in [-0.39, 0.29) is 18.7 Å². The van der Waals surface area contributed by atoms with Crippen molar-refractivity contribution in [2.45, 2.75) is 13.5 Å². The maximum absolute atomic E-state index is 12.2. The number of carbonyl (C=O) groups is 2. The molecule has 0 atom stereocenters. The van der Waals surface area contributed by atoms with Crippen LogP contribution < -0.4 is 20.3 Å². The van der Waals surface area contributed by atoms with Gasteiger partial charge >= 0.3 is 6.03 Å². The van der Waals surface area contributed by atoms with Gasteiger partial charge in [0.25, 0.3) is 5.91 Å². The van der Waals surface area contributed by atoms with Crippen LogP contribution in [0.4, 0.5) is 4.79 Å². The quantitative estimate of drug-likeness (QED) is 0.832. The number of thiophene rings is 1. The molecule has 0 saturated carbocycles. The molecule has 3 amide bonds. The van der Waals surface area contributed by atoms with Crippen molar-refractivity contribution >= 4 is 23.3 Å². The third-order valence-corrected chi connectivity index (χ3v) is 4.38. The van der Waals surface area contributed by atoms with Crippen LogP contribution in [-0.4, -0.2) is 30.2 Å². The zero-order valence-corrected chi connectivity index (χ0v) is 13.9. The number of hydrazine groups is 1. The van der Waals surface area contributed by atoms with E-state index in [2.05, 4.69) is 10.9 Å². The van der Waals surface area contributed by atoms with E-state index in [1.807, 2.05) is 25.1 Å². The molecule has 126 valence electrons. The second-order valence-corrected chi connectivity index (χ2v) is 6.01. The Hall–Kier alpha value is -2.74. The molecule has 2 heterocycles. The molecule has 0 radical (unpaired) electrons. The molecule has 1 aromatic carbocycles. The van der Waals surface area contributed by atoms with Gasteiger partial charge in [0.1, 0.15) is 0 Å². The summed E-state index contributed by atoms with van der Waals surface area (Å²) >= 11 is 1.31. The van der Waals surface area contributed by atoms with Gasteiger partial charge < -0.3 is 14.4 Å². The summed E-state index contributed by atoms with van der Waals surface area (Å²) in [4.78, 5) is 26.2. The number of nitrogens with one attached hydrogen (secondary N) is 2. The maximum atomic E-state index is 12.2. The van der Waals surface area contributed by atoms with Crippen LogP contribution in [0.15, 0.2) is 35.7 Å². The van der Waals surface area contributed by atoms with Gasteiger partial charge in [0.05, 0.1) is 4.88 Å². The van der Waals surface area contributed by atoms with Gasteiger partial charge in [0, 0.05) is 13.1 Å². The molecular formula is C16H17N3O4S. The molecular weight excluding hydrogens is 330 g/mol. The number of ether oxygens (including phenoxy) is 2. The van der Waals surface area contributed by atoms with E-state index in [4.69, 9.17) is 9.47 Å². The van der Waals surface area contributed by atoms with Crippen molar-refractivity contribution in [3.05, 3.63) is 46.2 Å². The van der Waals surface area contributed by atoms with Crippen molar-refractivity contribution in [2.75, 3.05) is 13.3 Å². The standard InChI is InChI=1S/C16H17N3O4S/c1-2-19(9-11-5-6-12-13(8-11)23-10-22-12)16(21)18-17-15(20)14-4-3-7-24-14/h3-8H,2,9-10H2,1H3,(H,17,20)(H,18,21). The van der Waals surface area contributed by atoms with Crippen LogP contribution in [-0.2, 0) is 6.54 Å². The Kier molecular flexibility index (Phi) is 4.85. The fourth-order valence-corrected chi connectivity index (χ4v) is 2.86. The Labute approximate surface area is 143 Å². The SMILES string of the molecule is CCN(Cc1ccc2c(c1)OCO2)C(=O)NNC(=O)c1cccs1. The van der Waals surface area contributed by atoms with Gasteiger partial charge in [0.15, 0.2) is 11.5 Å². The van der Waals surface area contributed by atoms with Crippen molar-refractivity contribution in [1.29, 1.82) is 0 Å². The molecule has 7 nitrogen and oxygen atoms in total. The van der Waals surface area contributed by atoms with Crippen LogP contribution in [0.2, 0.25) is 0 Å².